The average molecular weight is 339 g/mol. The first kappa shape index (κ1) is 15.7. The zero-order chi connectivity index (χ0) is 17.3. The maximum absolute atomic E-state index is 12.1. The zero-order valence-electron chi connectivity index (χ0n) is 12.5. The van der Waals surface area contributed by atoms with Gasteiger partial charge in [-0.25, -0.2) is 0 Å². The van der Waals surface area contributed by atoms with E-state index < -0.39 is 17.0 Å². The van der Waals surface area contributed by atoms with Crippen LogP contribution in [-0.2, 0) is 0 Å². The number of amides is 1. The van der Waals surface area contributed by atoms with Crippen molar-refractivity contribution in [2.24, 2.45) is 5.73 Å². The lowest BCUT2D eigenvalue weighted by atomic mass is 9.99. The number of benzene rings is 1. The summed E-state index contributed by atoms with van der Waals surface area (Å²) in [6.45, 7) is 3.45. The molecule has 0 fully saturated rings. The van der Waals surface area contributed by atoms with E-state index in [0.29, 0.717) is 5.56 Å². The van der Waals surface area contributed by atoms with Crippen LogP contribution in [0.2, 0.25) is 0 Å². The summed E-state index contributed by atoms with van der Waals surface area (Å²) >= 11 is 1.49. The molecular formula is C17H13N3O3S. The lowest BCUT2D eigenvalue weighted by molar-refractivity contribution is 0.1000. The topological polar surface area (TPSA) is 109 Å². The minimum Gasteiger partial charge on any atom is -0.366 e. The van der Waals surface area contributed by atoms with Crippen molar-refractivity contribution < 1.29 is 4.79 Å². The summed E-state index contributed by atoms with van der Waals surface area (Å²) in [6.07, 6.45) is 1.45. The van der Waals surface area contributed by atoms with E-state index in [1.165, 1.54) is 17.4 Å². The van der Waals surface area contributed by atoms with E-state index in [9.17, 15) is 14.4 Å². The van der Waals surface area contributed by atoms with Crippen molar-refractivity contribution in [1.29, 1.82) is 0 Å². The lowest BCUT2D eigenvalue weighted by Gasteiger charge is -2.08. The molecule has 0 atom stereocenters. The van der Waals surface area contributed by atoms with E-state index in [-0.39, 0.29) is 16.3 Å². The van der Waals surface area contributed by atoms with Crippen LogP contribution in [0.4, 0.5) is 0 Å². The van der Waals surface area contributed by atoms with Crippen molar-refractivity contribution in [1.82, 2.24) is 9.97 Å². The highest BCUT2D eigenvalue weighted by Gasteiger charge is 2.13. The van der Waals surface area contributed by atoms with E-state index >= 15 is 0 Å². The predicted octanol–water partition coefficient (Wildman–Crippen LogP) is 0.130. The number of rotatable bonds is 3. The molecule has 0 aliphatic heterocycles. The van der Waals surface area contributed by atoms with Crippen LogP contribution in [0.15, 0.2) is 45.3 Å². The number of carbonyl (C=O) groups excluding carboxylic acids is 1. The highest BCUT2D eigenvalue weighted by atomic mass is 32.1. The summed E-state index contributed by atoms with van der Waals surface area (Å²) < 4.78 is 0. The van der Waals surface area contributed by atoms with E-state index in [1.807, 2.05) is 23.6 Å². The van der Waals surface area contributed by atoms with Gasteiger partial charge in [0.15, 0.2) is 0 Å². The maximum atomic E-state index is 12.1. The summed E-state index contributed by atoms with van der Waals surface area (Å²) in [5.74, 6) is -0.618. The van der Waals surface area contributed by atoms with Crippen LogP contribution in [-0.4, -0.2) is 15.9 Å². The molecule has 2 heterocycles. The monoisotopic (exact) mass is 339 g/mol. The van der Waals surface area contributed by atoms with Gasteiger partial charge in [-0.05, 0) is 34.7 Å². The summed E-state index contributed by atoms with van der Waals surface area (Å²) in [5, 5.41) is 1.90. The highest BCUT2D eigenvalue weighted by molar-refractivity contribution is 7.13. The van der Waals surface area contributed by atoms with Crippen LogP contribution in [0, 0.1) is 0 Å². The van der Waals surface area contributed by atoms with Gasteiger partial charge in [0.2, 0.25) is 5.91 Å². The van der Waals surface area contributed by atoms with Gasteiger partial charge in [0.05, 0.1) is 5.35 Å². The van der Waals surface area contributed by atoms with Gasteiger partial charge in [0, 0.05) is 10.4 Å². The fourth-order valence-corrected chi connectivity index (χ4v) is 3.11. The van der Waals surface area contributed by atoms with Crippen LogP contribution < -0.4 is 27.6 Å². The normalized spacial score (nSPS) is 11.6. The molecule has 2 aromatic heterocycles. The Kier molecular flexibility index (Phi) is 4.01. The minimum absolute atomic E-state index is 0.0268. The van der Waals surface area contributed by atoms with Crippen molar-refractivity contribution in [2.45, 2.75) is 0 Å². The van der Waals surface area contributed by atoms with E-state index in [4.69, 9.17) is 5.73 Å². The Morgan fingerprint density at radius 1 is 1.12 bits per heavy atom. The third kappa shape index (κ3) is 2.84. The van der Waals surface area contributed by atoms with Crippen molar-refractivity contribution in [3.8, 4) is 10.4 Å². The molecule has 0 saturated heterocycles. The van der Waals surface area contributed by atoms with Crippen LogP contribution in [0.25, 0.3) is 23.1 Å². The second-order valence-electron chi connectivity index (χ2n) is 5.05. The van der Waals surface area contributed by atoms with Gasteiger partial charge < -0.3 is 15.7 Å². The molecule has 3 rings (SSSR count). The Labute approximate surface area is 139 Å². The molecule has 120 valence electrons. The number of aromatic nitrogens is 2. The molecule has 6 nitrogen and oxygen atoms in total. The predicted molar refractivity (Wildman–Crippen MR) is 94.3 cm³/mol. The molecule has 4 N–H and O–H groups in total. The molecule has 0 unspecified atom stereocenters. The molecule has 0 spiro atoms. The fourth-order valence-electron chi connectivity index (χ4n) is 2.34. The quantitative estimate of drug-likeness (QED) is 0.631. The van der Waals surface area contributed by atoms with Gasteiger partial charge in [-0.3, -0.25) is 14.4 Å². The number of hydrogen-bond acceptors (Lipinski definition) is 4. The Morgan fingerprint density at radius 3 is 2.58 bits per heavy atom. The number of aromatic amines is 2. The van der Waals surface area contributed by atoms with Crippen molar-refractivity contribution in [3.63, 3.8) is 0 Å². The zero-order valence-corrected chi connectivity index (χ0v) is 13.3. The minimum atomic E-state index is -0.618. The number of hydrogen-bond donors (Lipinski definition) is 3. The number of carbonyl (C=O) groups is 1. The summed E-state index contributed by atoms with van der Waals surface area (Å²) in [5.41, 5.74) is 5.94. The Hall–Kier alpha value is -3.19. The standard InChI is InChI=1S/C17H13N3O3S/c1-9-16(22)20-13(17(23)19-9)8-12-10(14-6-3-7-24-14)4-2-5-11(12)15(18)21/h2-8H,1H2,(H2,18,21)(H,19,23)(H,20,22). The molecule has 24 heavy (non-hydrogen) atoms. The number of primary amides is 1. The van der Waals surface area contributed by atoms with Crippen LogP contribution >= 0.6 is 11.3 Å². The Bertz CT molecular complexity index is 1140. The molecule has 0 aliphatic carbocycles. The van der Waals surface area contributed by atoms with Crippen LogP contribution in [0.5, 0.6) is 0 Å². The molecule has 0 saturated carbocycles. The van der Waals surface area contributed by atoms with Gasteiger partial charge in [0.1, 0.15) is 5.35 Å². The first-order valence-corrected chi connectivity index (χ1v) is 7.85. The smallest absolute Gasteiger partial charge is 0.272 e. The molecule has 0 bridgehead atoms. The van der Waals surface area contributed by atoms with Crippen molar-refractivity contribution in [2.75, 3.05) is 0 Å². The SMILES string of the molecule is C=c1[nH]c(=O)c(=Cc2c(C(N)=O)cccc2-c2cccs2)[nH]c1=O. The molecule has 7 heteroatoms. The molecule has 1 aromatic carbocycles. The second kappa shape index (κ2) is 6.13. The first-order chi connectivity index (χ1) is 11.5. The fraction of sp³-hybridized carbons (Fsp3) is 0. The van der Waals surface area contributed by atoms with Crippen molar-refractivity contribution >= 4 is 29.9 Å². The van der Waals surface area contributed by atoms with Crippen LogP contribution in [0.3, 0.4) is 0 Å². The number of thiophene rings is 1. The van der Waals surface area contributed by atoms with E-state index in [0.717, 1.165) is 10.4 Å². The van der Waals surface area contributed by atoms with E-state index in [2.05, 4.69) is 16.5 Å². The Morgan fingerprint density at radius 2 is 1.92 bits per heavy atom. The molecular weight excluding hydrogens is 326 g/mol. The summed E-state index contributed by atoms with van der Waals surface area (Å²) in [4.78, 5) is 41.3. The van der Waals surface area contributed by atoms with E-state index in [1.54, 1.807) is 12.1 Å². The number of H-pyrrole nitrogens is 2. The van der Waals surface area contributed by atoms with Gasteiger partial charge in [0.25, 0.3) is 11.1 Å². The van der Waals surface area contributed by atoms with Gasteiger partial charge in [-0.1, -0.05) is 24.8 Å². The second-order valence-corrected chi connectivity index (χ2v) is 6.00. The summed E-state index contributed by atoms with van der Waals surface area (Å²) in [6, 6.07) is 8.90. The molecule has 0 radical (unpaired) electrons. The third-order valence-corrected chi connectivity index (χ3v) is 4.38. The lowest BCUT2D eigenvalue weighted by Crippen LogP contribution is -2.46. The molecule has 0 aliphatic rings. The average Bonchev–Trinajstić information content (AvgIpc) is 3.06. The first-order valence-electron chi connectivity index (χ1n) is 6.97. The molecule has 1 amide bonds. The third-order valence-electron chi connectivity index (χ3n) is 3.48. The highest BCUT2D eigenvalue weighted by Crippen LogP contribution is 2.30. The van der Waals surface area contributed by atoms with Crippen molar-refractivity contribution in [3.05, 3.63) is 78.2 Å². The largest absolute Gasteiger partial charge is 0.366 e. The summed E-state index contributed by atoms with van der Waals surface area (Å²) in [7, 11) is 0. The van der Waals surface area contributed by atoms with Gasteiger partial charge >= 0.3 is 0 Å². The number of nitrogens with two attached hydrogens (primary N) is 1. The maximum Gasteiger partial charge on any atom is 0.272 e. The molecule has 3 aromatic rings. The Balaban J connectivity index is 2.39. The van der Waals surface area contributed by atoms with Gasteiger partial charge in [-0.2, -0.15) is 0 Å². The van der Waals surface area contributed by atoms with Crippen LogP contribution in [0.1, 0.15) is 15.9 Å². The number of nitrogens with one attached hydrogen (secondary N) is 2. The van der Waals surface area contributed by atoms with Gasteiger partial charge in [-0.15, -0.1) is 11.3 Å².